The van der Waals surface area contributed by atoms with E-state index in [0.29, 0.717) is 5.65 Å². The highest BCUT2D eigenvalue weighted by atomic mass is 16.1. The van der Waals surface area contributed by atoms with Crippen molar-refractivity contribution in [3.63, 3.8) is 0 Å². The largest absolute Gasteiger partial charge is 0.280 e. The summed E-state index contributed by atoms with van der Waals surface area (Å²) < 4.78 is 3.29. The number of hydrogen-bond acceptors (Lipinski definition) is 3. The molecule has 0 bridgehead atoms. The molecule has 3 rings (SSSR count). The Morgan fingerprint density at radius 2 is 1.85 bits per heavy atom. The molecular weight excluding hydrogens is 252 g/mol. The molecule has 0 saturated carbocycles. The maximum absolute atomic E-state index is 11.9. The second kappa shape index (κ2) is 5.69. The molecule has 3 heterocycles. The van der Waals surface area contributed by atoms with Gasteiger partial charge in [-0.05, 0) is 26.0 Å². The maximum atomic E-state index is 11.9. The van der Waals surface area contributed by atoms with Gasteiger partial charge in [0.15, 0.2) is 5.65 Å². The van der Waals surface area contributed by atoms with Crippen LogP contribution in [0.4, 0.5) is 0 Å². The summed E-state index contributed by atoms with van der Waals surface area (Å²) in [7, 11) is 0. The summed E-state index contributed by atoms with van der Waals surface area (Å²) >= 11 is 0. The molecule has 104 valence electrons. The van der Waals surface area contributed by atoms with Crippen LogP contribution in [-0.2, 0) is 0 Å². The predicted molar refractivity (Wildman–Crippen MR) is 79.4 cm³/mol. The second-order valence-corrected chi connectivity index (χ2v) is 4.23. The first-order valence-electron chi connectivity index (χ1n) is 6.67. The molecule has 0 atom stereocenters. The van der Waals surface area contributed by atoms with E-state index in [2.05, 4.69) is 10.1 Å². The Morgan fingerprint density at radius 1 is 1.10 bits per heavy atom. The smallest absolute Gasteiger partial charge is 0.255 e. The van der Waals surface area contributed by atoms with E-state index in [4.69, 9.17) is 0 Å². The standard InChI is InChI=1S/C13H12N4O.C2H6/c1-9-7-11(16-6-4-3-5-12(16)18)13-14-10(2)8-17(13)15-9;1-2/h3-8H,1-2H3;1-2H3. The molecule has 0 spiro atoms. The Bertz CT molecular complexity index is 786. The lowest BCUT2D eigenvalue weighted by molar-refractivity contribution is 0.873. The van der Waals surface area contributed by atoms with E-state index in [1.807, 2.05) is 46.0 Å². The van der Waals surface area contributed by atoms with Crippen molar-refractivity contribution in [2.24, 2.45) is 0 Å². The minimum Gasteiger partial charge on any atom is -0.280 e. The highest BCUT2D eigenvalue weighted by molar-refractivity contribution is 5.59. The van der Waals surface area contributed by atoms with Gasteiger partial charge in [-0.25, -0.2) is 9.50 Å². The molecule has 0 amide bonds. The van der Waals surface area contributed by atoms with Crippen LogP contribution in [0.15, 0.2) is 41.5 Å². The molecule has 3 aromatic rings. The zero-order valence-electron chi connectivity index (χ0n) is 12.2. The highest BCUT2D eigenvalue weighted by Crippen LogP contribution is 2.14. The van der Waals surface area contributed by atoms with Gasteiger partial charge in [-0.15, -0.1) is 0 Å². The van der Waals surface area contributed by atoms with Gasteiger partial charge >= 0.3 is 0 Å². The fraction of sp³-hybridized carbons (Fsp3) is 0.267. The first kappa shape index (κ1) is 14.0. The minimum absolute atomic E-state index is 0.0781. The molecule has 0 aliphatic carbocycles. The summed E-state index contributed by atoms with van der Waals surface area (Å²) in [5.41, 5.74) is 3.07. The van der Waals surface area contributed by atoms with Gasteiger partial charge in [-0.1, -0.05) is 19.9 Å². The molecule has 20 heavy (non-hydrogen) atoms. The third-order valence-corrected chi connectivity index (χ3v) is 2.73. The number of hydrogen-bond donors (Lipinski definition) is 0. The average molecular weight is 270 g/mol. The summed E-state index contributed by atoms with van der Waals surface area (Å²) in [6.07, 6.45) is 3.58. The van der Waals surface area contributed by atoms with E-state index in [9.17, 15) is 4.79 Å². The van der Waals surface area contributed by atoms with Gasteiger partial charge in [0, 0.05) is 12.3 Å². The molecule has 0 aliphatic rings. The van der Waals surface area contributed by atoms with Crippen molar-refractivity contribution in [3.05, 3.63) is 58.4 Å². The van der Waals surface area contributed by atoms with Crippen LogP contribution >= 0.6 is 0 Å². The lowest BCUT2D eigenvalue weighted by Gasteiger charge is -2.07. The fourth-order valence-electron chi connectivity index (χ4n) is 2.00. The Balaban J connectivity index is 0.000000704. The SMILES string of the molecule is CC.Cc1cn2nc(C)cc(-n3ccccc3=O)c2n1. The van der Waals surface area contributed by atoms with Crippen molar-refractivity contribution in [2.45, 2.75) is 27.7 Å². The molecule has 0 aliphatic heterocycles. The number of fused-ring (bicyclic) bond motifs is 1. The molecule has 0 N–H and O–H groups in total. The van der Waals surface area contributed by atoms with E-state index in [1.54, 1.807) is 21.3 Å². The Kier molecular flexibility index (Phi) is 3.98. The van der Waals surface area contributed by atoms with Gasteiger partial charge in [0.1, 0.15) is 0 Å². The van der Waals surface area contributed by atoms with Crippen LogP contribution in [0.3, 0.4) is 0 Å². The van der Waals surface area contributed by atoms with Crippen LogP contribution in [0, 0.1) is 13.8 Å². The number of rotatable bonds is 1. The van der Waals surface area contributed by atoms with E-state index in [0.717, 1.165) is 17.1 Å². The second-order valence-electron chi connectivity index (χ2n) is 4.23. The van der Waals surface area contributed by atoms with Crippen LogP contribution in [0.2, 0.25) is 0 Å². The molecular formula is C15H18N4O. The lowest BCUT2D eigenvalue weighted by Crippen LogP contribution is -2.17. The lowest BCUT2D eigenvalue weighted by atomic mass is 10.3. The zero-order valence-corrected chi connectivity index (χ0v) is 12.2. The molecule has 0 aromatic carbocycles. The molecule has 5 heteroatoms. The van der Waals surface area contributed by atoms with Crippen LogP contribution in [0.25, 0.3) is 11.3 Å². The average Bonchev–Trinajstić information content (AvgIpc) is 2.81. The van der Waals surface area contributed by atoms with Gasteiger partial charge in [-0.3, -0.25) is 9.36 Å². The summed E-state index contributed by atoms with van der Waals surface area (Å²) in [5, 5.41) is 4.35. The van der Waals surface area contributed by atoms with Crippen molar-refractivity contribution in [2.75, 3.05) is 0 Å². The van der Waals surface area contributed by atoms with Crippen molar-refractivity contribution >= 4 is 5.65 Å². The monoisotopic (exact) mass is 270 g/mol. The van der Waals surface area contributed by atoms with Crippen molar-refractivity contribution in [3.8, 4) is 5.69 Å². The summed E-state index contributed by atoms with van der Waals surface area (Å²) in [6.45, 7) is 7.80. The van der Waals surface area contributed by atoms with Gasteiger partial charge < -0.3 is 0 Å². The topological polar surface area (TPSA) is 52.2 Å². The van der Waals surface area contributed by atoms with Crippen molar-refractivity contribution in [1.82, 2.24) is 19.2 Å². The van der Waals surface area contributed by atoms with E-state index in [1.165, 1.54) is 6.07 Å². The Labute approximate surface area is 117 Å². The van der Waals surface area contributed by atoms with E-state index >= 15 is 0 Å². The number of aryl methyl sites for hydroxylation is 2. The quantitative estimate of drug-likeness (QED) is 0.682. The molecule has 0 fully saturated rings. The highest BCUT2D eigenvalue weighted by Gasteiger charge is 2.09. The number of pyridine rings is 1. The molecule has 3 aromatic heterocycles. The van der Waals surface area contributed by atoms with Gasteiger partial charge in [0.25, 0.3) is 5.56 Å². The maximum Gasteiger partial charge on any atom is 0.255 e. The molecule has 5 nitrogen and oxygen atoms in total. The number of aromatic nitrogens is 4. The fourth-order valence-corrected chi connectivity index (χ4v) is 2.00. The third kappa shape index (κ3) is 2.47. The summed E-state index contributed by atoms with van der Waals surface area (Å²) in [5.74, 6) is 0. The van der Waals surface area contributed by atoms with Crippen LogP contribution in [0.1, 0.15) is 25.2 Å². The zero-order chi connectivity index (χ0) is 14.7. The number of nitrogens with zero attached hydrogens (tertiary/aromatic N) is 4. The van der Waals surface area contributed by atoms with Crippen LogP contribution in [-0.4, -0.2) is 19.2 Å². The Morgan fingerprint density at radius 3 is 2.55 bits per heavy atom. The predicted octanol–water partition coefficient (Wildman–Crippen LogP) is 2.52. The summed E-state index contributed by atoms with van der Waals surface area (Å²) in [4.78, 5) is 16.3. The van der Waals surface area contributed by atoms with Gasteiger partial charge in [-0.2, -0.15) is 5.10 Å². The third-order valence-electron chi connectivity index (χ3n) is 2.73. The first-order valence-corrected chi connectivity index (χ1v) is 6.67. The van der Waals surface area contributed by atoms with Crippen molar-refractivity contribution < 1.29 is 0 Å². The number of imidazole rings is 1. The molecule has 0 radical (unpaired) electrons. The van der Waals surface area contributed by atoms with Crippen LogP contribution < -0.4 is 5.56 Å². The first-order chi connectivity index (χ1) is 9.65. The Hall–Kier alpha value is -2.43. The molecule has 0 unspecified atom stereocenters. The van der Waals surface area contributed by atoms with Gasteiger partial charge in [0.2, 0.25) is 0 Å². The van der Waals surface area contributed by atoms with E-state index in [-0.39, 0.29) is 5.56 Å². The molecule has 0 saturated heterocycles. The van der Waals surface area contributed by atoms with Gasteiger partial charge in [0.05, 0.1) is 23.3 Å². The normalized spacial score (nSPS) is 10.2. The van der Waals surface area contributed by atoms with Crippen molar-refractivity contribution in [1.29, 1.82) is 0 Å². The summed E-state index contributed by atoms with van der Waals surface area (Å²) in [6, 6.07) is 6.94. The minimum atomic E-state index is -0.0781. The van der Waals surface area contributed by atoms with E-state index < -0.39 is 0 Å². The van der Waals surface area contributed by atoms with Crippen LogP contribution in [0.5, 0.6) is 0 Å².